The molecule has 0 saturated heterocycles. The van der Waals surface area contributed by atoms with E-state index in [-0.39, 0.29) is 24.0 Å². The van der Waals surface area contributed by atoms with E-state index in [0.717, 1.165) is 47.7 Å². The van der Waals surface area contributed by atoms with Gasteiger partial charge in [0.25, 0.3) is 0 Å². The molecule has 0 aliphatic carbocycles. The van der Waals surface area contributed by atoms with Crippen LogP contribution in [0.4, 0.5) is 0 Å². The summed E-state index contributed by atoms with van der Waals surface area (Å²) in [5.41, 5.74) is 4.36. The van der Waals surface area contributed by atoms with Crippen LogP contribution < -0.4 is 5.32 Å². The predicted molar refractivity (Wildman–Crippen MR) is 154 cm³/mol. The van der Waals surface area contributed by atoms with Crippen LogP contribution in [0, 0.1) is 0 Å². The lowest BCUT2D eigenvalue weighted by Gasteiger charge is -2.14. The highest BCUT2D eigenvalue weighted by molar-refractivity contribution is 7.09. The Morgan fingerprint density at radius 3 is 2.65 bits per heavy atom. The molecule has 1 aromatic heterocycles. The van der Waals surface area contributed by atoms with Crippen LogP contribution >= 0.6 is 11.3 Å². The van der Waals surface area contributed by atoms with Crippen molar-refractivity contribution in [3.63, 3.8) is 0 Å². The van der Waals surface area contributed by atoms with Gasteiger partial charge in [-0.05, 0) is 61.1 Å². The van der Waals surface area contributed by atoms with E-state index in [9.17, 15) is 9.59 Å². The molecular formula is C30H43N3O3S. The average molecular weight is 526 g/mol. The SMILES string of the molecule is CC(C=CC(C)=CC1Cc2nc(cs2)CCCCC(=O)O[C@@H](C)CC(C)=CC=CC(=O)N1)=CCN(C)C. The van der Waals surface area contributed by atoms with E-state index in [1.54, 1.807) is 23.5 Å². The number of likely N-dealkylation sites (N-methyl/N-ethyl adjacent to an activating group) is 1. The highest BCUT2D eigenvalue weighted by atomic mass is 32.1. The third-order valence-corrected chi connectivity index (χ3v) is 6.73. The number of fused-ring (bicyclic) bond motifs is 2. The lowest BCUT2D eigenvalue weighted by atomic mass is 10.1. The number of ether oxygens (including phenoxy) is 1. The van der Waals surface area contributed by atoms with Crippen molar-refractivity contribution in [2.45, 2.75) is 78.4 Å². The highest BCUT2D eigenvalue weighted by Crippen LogP contribution is 2.17. The Labute approximate surface area is 226 Å². The summed E-state index contributed by atoms with van der Waals surface area (Å²) in [6, 6.07) is -0.176. The van der Waals surface area contributed by atoms with Crippen LogP contribution in [0.3, 0.4) is 0 Å². The zero-order chi connectivity index (χ0) is 27.2. The van der Waals surface area contributed by atoms with Gasteiger partial charge in [-0.25, -0.2) is 4.98 Å². The minimum absolute atomic E-state index is 0.154. The maximum atomic E-state index is 12.7. The Hall–Kier alpha value is -2.77. The van der Waals surface area contributed by atoms with Crippen LogP contribution in [-0.4, -0.2) is 54.5 Å². The zero-order valence-corrected chi connectivity index (χ0v) is 24.1. The molecule has 1 aromatic rings. The first kappa shape index (κ1) is 30.5. The first-order valence-electron chi connectivity index (χ1n) is 13.1. The molecule has 2 atom stereocenters. The normalized spacial score (nSPS) is 21.8. The predicted octanol–water partition coefficient (Wildman–Crippen LogP) is 5.73. The van der Waals surface area contributed by atoms with Crippen LogP contribution in [0.5, 0.6) is 0 Å². The van der Waals surface area contributed by atoms with Crippen molar-refractivity contribution in [3.05, 3.63) is 75.3 Å². The van der Waals surface area contributed by atoms with Gasteiger partial charge in [-0.3, -0.25) is 9.59 Å². The quantitative estimate of drug-likeness (QED) is 0.393. The Kier molecular flexibility index (Phi) is 13.3. The second-order valence-electron chi connectivity index (χ2n) is 10.1. The molecule has 1 amide bonds. The summed E-state index contributed by atoms with van der Waals surface area (Å²) >= 11 is 1.62. The summed E-state index contributed by atoms with van der Waals surface area (Å²) in [5, 5.41) is 6.20. The van der Waals surface area contributed by atoms with Crippen LogP contribution in [0.25, 0.3) is 0 Å². The Balaban J connectivity index is 2.21. The largest absolute Gasteiger partial charge is 0.462 e. The second-order valence-corrected chi connectivity index (χ2v) is 11.0. The number of carbonyl (C=O) groups excluding carboxylic acids is 2. The van der Waals surface area contributed by atoms with Gasteiger partial charge in [0.1, 0.15) is 6.10 Å². The number of nitrogens with one attached hydrogen (secondary N) is 1. The zero-order valence-electron chi connectivity index (χ0n) is 23.3. The molecular weight excluding hydrogens is 482 g/mol. The van der Waals surface area contributed by atoms with Crippen molar-refractivity contribution in [3.8, 4) is 0 Å². The number of rotatable bonds is 5. The first-order chi connectivity index (χ1) is 17.6. The fraction of sp³-hybridized carbons (Fsp3) is 0.500. The van der Waals surface area contributed by atoms with Gasteiger partial charge in [0.2, 0.25) is 5.91 Å². The number of hydrogen-bond acceptors (Lipinski definition) is 6. The van der Waals surface area contributed by atoms with Crippen LogP contribution in [0.15, 0.2) is 64.6 Å². The summed E-state index contributed by atoms with van der Waals surface area (Å²) < 4.78 is 5.53. The summed E-state index contributed by atoms with van der Waals surface area (Å²) in [7, 11) is 4.10. The van der Waals surface area contributed by atoms with E-state index in [0.29, 0.717) is 19.3 Å². The van der Waals surface area contributed by atoms with Crippen molar-refractivity contribution < 1.29 is 14.3 Å². The Morgan fingerprint density at radius 2 is 1.89 bits per heavy atom. The van der Waals surface area contributed by atoms with Crippen molar-refractivity contribution in [2.75, 3.05) is 20.6 Å². The maximum absolute atomic E-state index is 12.7. The van der Waals surface area contributed by atoms with Gasteiger partial charge in [0, 0.05) is 37.3 Å². The molecule has 0 aromatic carbocycles. The number of nitrogens with zero attached hydrogens (tertiary/aromatic N) is 2. The molecule has 0 fully saturated rings. The number of thiazole rings is 1. The van der Waals surface area contributed by atoms with E-state index >= 15 is 0 Å². The van der Waals surface area contributed by atoms with E-state index in [2.05, 4.69) is 53.7 Å². The summed E-state index contributed by atoms with van der Waals surface area (Å²) in [6.45, 7) is 8.92. The van der Waals surface area contributed by atoms with E-state index < -0.39 is 0 Å². The molecule has 1 unspecified atom stereocenters. The van der Waals surface area contributed by atoms with Crippen LogP contribution in [0.2, 0.25) is 0 Å². The molecule has 6 nitrogen and oxygen atoms in total. The molecule has 2 bridgehead atoms. The topological polar surface area (TPSA) is 71.5 Å². The molecule has 0 saturated carbocycles. The van der Waals surface area contributed by atoms with Gasteiger partial charge < -0.3 is 15.0 Å². The molecule has 7 heteroatoms. The van der Waals surface area contributed by atoms with Crippen molar-refractivity contribution in [1.82, 2.24) is 15.2 Å². The lowest BCUT2D eigenvalue weighted by Crippen LogP contribution is -2.34. The smallest absolute Gasteiger partial charge is 0.306 e. The number of allylic oxidation sites excluding steroid dienone is 6. The summed E-state index contributed by atoms with van der Waals surface area (Å²) in [6.07, 6.45) is 17.7. The van der Waals surface area contributed by atoms with Crippen molar-refractivity contribution in [1.29, 1.82) is 0 Å². The molecule has 1 N–H and O–H groups in total. The Bertz CT molecular complexity index is 1050. The maximum Gasteiger partial charge on any atom is 0.306 e. The minimum Gasteiger partial charge on any atom is -0.462 e. The minimum atomic E-state index is -0.193. The number of aromatic nitrogens is 1. The summed E-state index contributed by atoms with van der Waals surface area (Å²) in [5.74, 6) is -0.312. The first-order valence-corrected chi connectivity index (χ1v) is 13.9. The average Bonchev–Trinajstić information content (AvgIpc) is 3.25. The number of esters is 1. The molecule has 37 heavy (non-hydrogen) atoms. The van der Waals surface area contributed by atoms with Gasteiger partial charge in [-0.2, -0.15) is 0 Å². The molecule has 0 spiro atoms. The molecule has 1 aliphatic rings. The van der Waals surface area contributed by atoms with Gasteiger partial charge in [-0.1, -0.05) is 53.2 Å². The highest BCUT2D eigenvalue weighted by Gasteiger charge is 2.14. The van der Waals surface area contributed by atoms with E-state index in [1.807, 2.05) is 34.0 Å². The molecule has 2 rings (SSSR count). The third-order valence-electron chi connectivity index (χ3n) is 5.81. The number of carbonyl (C=O) groups is 2. The van der Waals surface area contributed by atoms with Gasteiger partial charge in [-0.15, -0.1) is 11.3 Å². The number of hydrogen-bond donors (Lipinski definition) is 1. The summed E-state index contributed by atoms with van der Waals surface area (Å²) in [4.78, 5) is 31.8. The van der Waals surface area contributed by atoms with E-state index in [4.69, 9.17) is 9.72 Å². The molecule has 202 valence electrons. The molecule has 0 radical (unpaired) electrons. The van der Waals surface area contributed by atoms with Crippen LogP contribution in [-0.2, 0) is 27.2 Å². The molecule has 2 heterocycles. The number of amides is 1. The third kappa shape index (κ3) is 13.4. The number of cyclic esters (lactones) is 1. The van der Waals surface area contributed by atoms with Gasteiger partial charge >= 0.3 is 5.97 Å². The molecule has 1 aliphatic heterocycles. The van der Waals surface area contributed by atoms with Crippen molar-refractivity contribution in [2.24, 2.45) is 0 Å². The van der Waals surface area contributed by atoms with Crippen LogP contribution in [0.1, 0.15) is 64.1 Å². The van der Waals surface area contributed by atoms with Gasteiger partial charge in [0.15, 0.2) is 0 Å². The monoisotopic (exact) mass is 525 g/mol. The fourth-order valence-electron chi connectivity index (χ4n) is 3.88. The lowest BCUT2D eigenvalue weighted by molar-refractivity contribution is -0.148. The van der Waals surface area contributed by atoms with Crippen molar-refractivity contribution >= 4 is 23.2 Å². The second kappa shape index (κ2) is 16.2. The fourth-order valence-corrected chi connectivity index (χ4v) is 4.77. The van der Waals surface area contributed by atoms with E-state index in [1.165, 1.54) is 5.57 Å². The number of aryl methyl sites for hydroxylation is 1. The standard InChI is InChI=1S/C30H43N3O3S/c1-22(16-17-33(5)6)14-15-24(3)19-27-20-29-32-26(21-37-29)11-7-8-13-30(35)36-25(4)18-23(2)10-9-12-28(34)31-27/h9-10,12,14-16,19,21,25,27H,7-8,11,13,17-18,20H2,1-6H3,(H,31,34)/t25-,27?/m0/s1. The Morgan fingerprint density at radius 1 is 1.16 bits per heavy atom. The van der Waals surface area contributed by atoms with Gasteiger partial charge in [0.05, 0.1) is 16.7 Å².